The topological polar surface area (TPSA) is 62.5 Å². The van der Waals surface area contributed by atoms with E-state index in [0.717, 1.165) is 30.3 Å². The van der Waals surface area contributed by atoms with Gasteiger partial charge < -0.3 is 14.6 Å². The van der Waals surface area contributed by atoms with Crippen molar-refractivity contribution in [3.05, 3.63) is 36.0 Å². The Hall–Kier alpha value is -2.30. The Kier molecular flexibility index (Phi) is 3.41. The quantitative estimate of drug-likeness (QED) is 0.917. The van der Waals surface area contributed by atoms with Crippen LogP contribution >= 0.6 is 0 Å². The van der Waals surface area contributed by atoms with Crippen molar-refractivity contribution < 1.29 is 14.7 Å². The van der Waals surface area contributed by atoms with Crippen molar-refractivity contribution in [2.75, 3.05) is 6.54 Å². The van der Waals surface area contributed by atoms with Crippen LogP contribution in [0.15, 0.2) is 30.5 Å². The number of benzene rings is 1. The van der Waals surface area contributed by atoms with Gasteiger partial charge in [0.05, 0.1) is 5.56 Å². The zero-order chi connectivity index (χ0) is 15.0. The van der Waals surface area contributed by atoms with Gasteiger partial charge in [0.1, 0.15) is 6.54 Å². The maximum absolute atomic E-state index is 12.4. The molecule has 1 aliphatic rings. The van der Waals surface area contributed by atoms with Crippen LogP contribution in [0.25, 0.3) is 10.9 Å². The van der Waals surface area contributed by atoms with Gasteiger partial charge in [-0.2, -0.15) is 0 Å². The van der Waals surface area contributed by atoms with E-state index in [1.807, 2.05) is 28.7 Å². The molecule has 0 saturated heterocycles. The fraction of sp³-hybridized carbons (Fsp3) is 0.375. The monoisotopic (exact) mass is 286 g/mol. The Morgan fingerprint density at radius 1 is 1.33 bits per heavy atom. The average Bonchev–Trinajstić information content (AvgIpc) is 3.21. The van der Waals surface area contributed by atoms with Crippen LogP contribution < -0.4 is 0 Å². The standard InChI is InChI=1S/C16H18N2O3/c1-2-18(13-5-6-13)15(19)10-17-8-7-11-3-4-12(16(20)21)9-14(11)17/h3-4,7-9,13H,2,5-6,10H2,1H3,(H,20,21). The van der Waals surface area contributed by atoms with Crippen LogP contribution in [0, 0.1) is 0 Å². The molecule has 1 heterocycles. The summed E-state index contributed by atoms with van der Waals surface area (Å²) in [6.45, 7) is 2.98. The lowest BCUT2D eigenvalue weighted by Gasteiger charge is -2.20. The first-order valence-corrected chi connectivity index (χ1v) is 7.22. The van der Waals surface area contributed by atoms with E-state index >= 15 is 0 Å². The number of nitrogens with zero attached hydrogens (tertiary/aromatic N) is 2. The number of hydrogen-bond acceptors (Lipinski definition) is 2. The summed E-state index contributed by atoms with van der Waals surface area (Å²) >= 11 is 0. The van der Waals surface area contributed by atoms with Crippen LogP contribution in [0.2, 0.25) is 0 Å². The number of amides is 1. The largest absolute Gasteiger partial charge is 0.478 e. The van der Waals surface area contributed by atoms with Crippen molar-refractivity contribution in [3.63, 3.8) is 0 Å². The number of carboxylic acid groups (broad SMARTS) is 1. The van der Waals surface area contributed by atoms with Gasteiger partial charge in [-0.15, -0.1) is 0 Å². The molecule has 5 nitrogen and oxygen atoms in total. The third kappa shape index (κ3) is 2.63. The fourth-order valence-corrected chi connectivity index (χ4v) is 2.72. The Bertz CT molecular complexity index is 701. The van der Waals surface area contributed by atoms with Gasteiger partial charge >= 0.3 is 5.97 Å². The summed E-state index contributed by atoms with van der Waals surface area (Å²) in [6, 6.07) is 7.29. The molecule has 5 heteroatoms. The molecule has 0 bridgehead atoms. The van der Waals surface area contributed by atoms with Crippen LogP contribution in [0.5, 0.6) is 0 Å². The minimum Gasteiger partial charge on any atom is -0.478 e. The molecular formula is C16H18N2O3. The number of aromatic nitrogens is 1. The number of aromatic carboxylic acids is 1. The van der Waals surface area contributed by atoms with E-state index in [1.165, 1.54) is 0 Å². The lowest BCUT2D eigenvalue weighted by molar-refractivity contribution is -0.132. The molecule has 3 rings (SSSR count). The molecule has 0 radical (unpaired) electrons. The van der Waals surface area contributed by atoms with Crippen molar-refractivity contribution in [1.29, 1.82) is 0 Å². The number of likely N-dealkylation sites (N-methyl/N-ethyl adjacent to an activating group) is 1. The van der Waals surface area contributed by atoms with Crippen LogP contribution in [-0.4, -0.2) is 39.0 Å². The first-order chi connectivity index (χ1) is 10.1. The van der Waals surface area contributed by atoms with Crippen molar-refractivity contribution in [2.45, 2.75) is 32.4 Å². The molecule has 0 spiro atoms. The number of rotatable bonds is 5. The average molecular weight is 286 g/mol. The maximum atomic E-state index is 12.4. The molecular weight excluding hydrogens is 268 g/mol. The fourth-order valence-electron chi connectivity index (χ4n) is 2.72. The third-order valence-corrected chi connectivity index (χ3v) is 3.98. The van der Waals surface area contributed by atoms with Crippen molar-refractivity contribution in [1.82, 2.24) is 9.47 Å². The number of carbonyl (C=O) groups excluding carboxylic acids is 1. The van der Waals surface area contributed by atoms with E-state index < -0.39 is 5.97 Å². The van der Waals surface area contributed by atoms with E-state index in [-0.39, 0.29) is 18.0 Å². The summed E-state index contributed by atoms with van der Waals surface area (Å²) in [7, 11) is 0. The smallest absolute Gasteiger partial charge is 0.335 e. The zero-order valence-electron chi connectivity index (χ0n) is 12.0. The van der Waals surface area contributed by atoms with Crippen molar-refractivity contribution in [3.8, 4) is 0 Å². The molecule has 2 aromatic rings. The minimum atomic E-state index is -0.954. The van der Waals surface area contributed by atoms with Gasteiger partial charge in [-0.1, -0.05) is 6.07 Å². The molecule has 0 unspecified atom stereocenters. The highest BCUT2D eigenvalue weighted by Crippen LogP contribution is 2.27. The van der Waals surface area contributed by atoms with Crippen LogP contribution in [0.4, 0.5) is 0 Å². The molecule has 0 aliphatic heterocycles. The van der Waals surface area contributed by atoms with E-state index in [1.54, 1.807) is 18.2 Å². The van der Waals surface area contributed by atoms with Gasteiger partial charge in [0, 0.05) is 24.3 Å². The molecule has 1 aliphatic carbocycles. The number of hydrogen-bond donors (Lipinski definition) is 1. The summed E-state index contributed by atoms with van der Waals surface area (Å²) in [5.41, 5.74) is 1.03. The second-order valence-corrected chi connectivity index (χ2v) is 5.43. The van der Waals surface area contributed by atoms with Gasteiger partial charge in [-0.3, -0.25) is 4.79 Å². The van der Waals surface area contributed by atoms with Gasteiger partial charge in [-0.25, -0.2) is 4.79 Å². The normalized spacial score (nSPS) is 14.3. The van der Waals surface area contributed by atoms with Crippen LogP contribution in [0.3, 0.4) is 0 Å². The molecule has 1 fully saturated rings. The summed E-state index contributed by atoms with van der Waals surface area (Å²) < 4.78 is 1.83. The van der Waals surface area contributed by atoms with Gasteiger partial charge in [-0.05, 0) is 43.4 Å². The molecule has 1 aromatic heterocycles. The van der Waals surface area contributed by atoms with Gasteiger partial charge in [0.2, 0.25) is 5.91 Å². The van der Waals surface area contributed by atoms with E-state index in [0.29, 0.717) is 6.04 Å². The van der Waals surface area contributed by atoms with Crippen molar-refractivity contribution >= 4 is 22.8 Å². The van der Waals surface area contributed by atoms with Crippen molar-refractivity contribution in [2.24, 2.45) is 0 Å². The van der Waals surface area contributed by atoms with E-state index in [4.69, 9.17) is 5.11 Å². The molecule has 1 aromatic carbocycles. The predicted molar refractivity (Wildman–Crippen MR) is 79.3 cm³/mol. The third-order valence-electron chi connectivity index (χ3n) is 3.98. The first-order valence-electron chi connectivity index (χ1n) is 7.22. The first kappa shape index (κ1) is 13.7. The van der Waals surface area contributed by atoms with Crippen LogP contribution in [0.1, 0.15) is 30.1 Å². The van der Waals surface area contributed by atoms with Gasteiger partial charge in [0.15, 0.2) is 0 Å². The molecule has 1 N–H and O–H groups in total. The molecule has 110 valence electrons. The minimum absolute atomic E-state index is 0.0956. The Morgan fingerprint density at radius 2 is 2.10 bits per heavy atom. The Labute approximate surface area is 122 Å². The SMILES string of the molecule is CCN(C(=O)Cn1ccc2ccc(C(=O)O)cc21)C1CC1. The summed E-state index contributed by atoms with van der Waals surface area (Å²) in [4.78, 5) is 25.4. The lowest BCUT2D eigenvalue weighted by Crippen LogP contribution is -2.35. The highest BCUT2D eigenvalue weighted by molar-refractivity contribution is 5.94. The molecule has 0 atom stereocenters. The molecule has 1 amide bonds. The maximum Gasteiger partial charge on any atom is 0.335 e. The number of carbonyl (C=O) groups is 2. The second kappa shape index (κ2) is 5.24. The zero-order valence-corrected chi connectivity index (χ0v) is 12.0. The lowest BCUT2D eigenvalue weighted by atomic mass is 10.1. The van der Waals surface area contributed by atoms with E-state index in [9.17, 15) is 9.59 Å². The summed E-state index contributed by atoms with van der Waals surface area (Å²) in [6.07, 6.45) is 4.03. The number of fused-ring (bicyclic) bond motifs is 1. The summed E-state index contributed by atoms with van der Waals surface area (Å²) in [5, 5.41) is 10.0. The second-order valence-electron chi connectivity index (χ2n) is 5.43. The Morgan fingerprint density at radius 3 is 2.71 bits per heavy atom. The van der Waals surface area contributed by atoms with Gasteiger partial charge in [0.25, 0.3) is 0 Å². The number of carboxylic acids is 1. The Balaban J connectivity index is 1.87. The highest BCUT2D eigenvalue weighted by Gasteiger charge is 2.31. The predicted octanol–water partition coefficient (Wildman–Crippen LogP) is 2.35. The summed E-state index contributed by atoms with van der Waals surface area (Å²) in [5.74, 6) is -0.859. The molecule has 21 heavy (non-hydrogen) atoms. The van der Waals surface area contributed by atoms with Crippen LogP contribution in [-0.2, 0) is 11.3 Å². The van der Waals surface area contributed by atoms with E-state index in [2.05, 4.69) is 0 Å². The highest BCUT2D eigenvalue weighted by atomic mass is 16.4. The molecule has 1 saturated carbocycles.